The molecule has 0 N–H and O–H groups in total. The minimum Gasteiger partial charge on any atom is -0.194 e. The molecule has 0 radical (unpaired) electrons. The van der Waals surface area contributed by atoms with Gasteiger partial charge in [-0.05, 0) is 35.4 Å². The van der Waals surface area contributed by atoms with Gasteiger partial charge < -0.3 is 0 Å². The van der Waals surface area contributed by atoms with Crippen LogP contribution in [0, 0.1) is 11.3 Å². The highest BCUT2D eigenvalue weighted by Crippen LogP contribution is 2.51. The largest absolute Gasteiger partial charge is 0.460 e. The molecule has 0 aliphatic carbocycles. The molecule has 1 nitrogen and oxygen atoms in total. The predicted molar refractivity (Wildman–Crippen MR) is 62.1 cm³/mol. The van der Waals surface area contributed by atoms with Gasteiger partial charge in [-0.3, -0.25) is 0 Å². The maximum Gasteiger partial charge on any atom is 0.460 e. The van der Waals surface area contributed by atoms with Crippen LogP contribution in [0.15, 0.2) is 9.15 Å². The molecule has 110 valence electrons. The van der Waals surface area contributed by atoms with Crippen molar-refractivity contribution in [3.05, 3.63) is 9.15 Å². The second-order valence-electron chi connectivity index (χ2n) is 3.65. The summed E-state index contributed by atoms with van der Waals surface area (Å²) < 4.78 is 87.9. The highest BCUT2D eigenvalue weighted by molar-refractivity contribution is 14.1. The lowest BCUT2D eigenvalue weighted by atomic mass is 9.96. The molecule has 0 atom stereocenters. The van der Waals surface area contributed by atoms with Crippen LogP contribution in [0.1, 0.15) is 26.2 Å². The average Bonchev–Trinajstić information content (AvgIpc) is 2.27. The van der Waals surface area contributed by atoms with E-state index in [1.54, 1.807) is 6.92 Å². The van der Waals surface area contributed by atoms with Gasteiger partial charge in [-0.2, -0.15) is 36.0 Å². The predicted octanol–water partition coefficient (Wildman–Crippen LogP) is 5.22. The van der Waals surface area contributed by atoms with E-state index in [0.717, 1.165) is 22.6 Å². The Morgan fingerprint density at radius 2 is 1.58 bits per heavy atom. The number of rotatable bonds is 5. The Hall–Kier alpha value is -0.530. The van der Waals surface area contributed by atoms with E-state index in [2.05, 4.69) is 0 Å². The number of halogens is 8. The van der Waals surface area contributed by atoms with Crippen LogP contribution in [0.25, 0.3) is 0 Å². The van der Waals surface area contributed by atoms with Crippen molar-refractivity contribution in [2.45, 2.75) is 44.2 Å². The van der Waals surface area contributed by atoms with Gasteiger partial charge in [0, 0.05) is 5.57 Å². The molecule has 0 aromatic carbocycles. The van der Waals surface area contributed by atoms with Gasteiger partial charge in [0.15, 0.2) is 0 Å². The summed E-state index contributed by atoms with van der Waals surface area (Å²) in [6.07, 6.45) is -6.79. The molecule has 0 aliphatic rings. The molecule has 0 bridgehead atoms. The van der Waals surface area contributed by atoms with Crippen molar-refractivity contribution in [2.24, 2.45) is 0 Å². The number of allylic oxidation sites excluding steroid dienone is 2. The highest BCUT2D eigenvalue weighted by atomic mass is 127. The molecular weight excluding hydrogens is 394 g/mol. The van der Waals surface area contributed by atoms with Crippen LogP contribution in [0.3, 0.4) is 0 Å². The zero-order valence-electron chi connectivity index (χ0n) is 9.59. The molecule has 0 aromatic heterocycles. The molecule has 19 heavy (non-hydrogen) atoms. The quantitative estimate of drug-likeness (QED) is 0.351. The van der Waals surface area contributed by atoms with E-state index in [1.807, 2.05) is 0 Å². The Bertz CT molecular complexity index is 392. The number of hydrogen-bond acceptors (Lipinski definition) is 1. The lowest BCUT2D eigenvalue weighted by Gasteiger charge is -2.30. The van der Waals surface area contributed by atoms with Crippen LogP contribution in [-0.4, -0.2) is 18.0 Å². The van der Waals surface area contributed by atoms with Crippen LogP contribution in [0.2, 0.25) is 0 Å². The van der Waals surface area contributed by atoms with Gasteiger partial charge in [-0.15, -0.1) is 0 Å². The first-order valence-electron chi connectivity index (χ1n) is 5.05. The Balaban J connectivity index is 5.76. The maximum absolute atomic E-state index is 13.4. The summed E-state index contributed by atoms with van der Waals surface area (Å²) in [5, 5.41) is 8.46. The smallest absolute Gasteiger partial charge is 0.194 e. The minimum atomic E-state index is -6.39. The van der Waals surface area contributed by atoms with Gasteiger partial charge in [0.25, 0.3) is 0 Å². The van der Waals surface area contributed by atoms with E-state index >= 15 is 0 Å². The van der Waals surface area contributed by atoms with Crippen molar-refractivity contribution in [1.29, 1.82) is 5.26 Å². The minimum absolute atomic E-state index is 0.0208. The van der Waals surface area contributed by atoms with Crippen LogP contribution < -0.4 is 0 Å². The van der Waals surface area contributed by atoms with Crippen molar-refractivity contribution < 1.29 is 30.7 Å². The number of nitriles is 1. The second-order valence-corrected chi connectivity index (χ2v) is 4.73. The molecule has 0 fully saturated rings. The molecule has 0 rings (SSSR count). The fraction of sp³-hybridized carbons (Fsp3) is 0.700. The first kappa shape index (κ1) is 18.5. The molecule has 0 spiro atoms. The van der Waals surface area contributed by atoms with Gasteiger partial charge in [0.05, 0.1) is 3.58 Å². The van der Waals surface area contributed by atoms with Crippen molar-refractivity contribution in [2.75, 3.05) is 0 Å². The summed E-state index contributed by atoms with van der Waals surface area (Å²) in [5.74, 6) is -11.6. The van der Waals surface area contributed by atoms with E-state index in [-0.39, 0.29) is 6.42 Å². The summed E-state index contributed by atoms with van der Waals surface area (Å²) in [5.41, 5.74) is -1.47. The summed E-state index contributed by atoms with van der Waals surface area (Å²) >= 11 is 1.04. The zero-order chi connectivity index (χ0) is 15.5. The summed E-state index contributed by atoms with van der Waals surface area (Å²) in [6.45, 7) is 1.55. The van der Waals surface area contributed by atoms with E-state index in [0.29, 0.717) is 6.42 Å². The molecule has 0 saturated carbocycles. The molecular formula is C10H9F7IN. The number of hydrogen-bond donors (Lipinski definition) is 0. The van der Waals surface area contributed by atoms with Gasteiger partial charge in [0.1, 0.15) is 6.07 Å². The normalized spacial score (nSPS) is 14.9. The number of unbranched alkanes of at least 4 members (excludes halogenated alkanes) is 1. The first-order valence-corrected chi connectivity index (χ1v) is 6.12. The van der Waals surface area contributed by atoms with Crippen molar-refractivity contribution >= 4 is 22.6 Å². The topological polar surface area (TPSA) is 23.8 Å². The number of nitrogens with zero attached hydrogens (tertiary/aromatic N) is 1. The average molecular weight is 403 g/mol. The monoisotopic (exact) mass is 403 g/mol. The third-order valence-electron chi connectivity index (χ3n) is 2.27. The second kappa shape index (κ2) is 6.28. The molecule has 9 heteroatoms. The summed E-state index contributed by atoms with van der Waals surface area (Å²) in [7, 11) is 0. The van der Waals surface area contributed by atoms with Gasteiger partial charge in [0.2, 0.25) is 0 Å². The number of alkyl halides is 7. The fourth-order valence-corrected chi connectivity index (χ4v) is 1.80. The van der Waals surface area contributed by atoms with E-state index in [1.165, 1.54) is 6.07 Å². The third-order valence-corrected chi connectivity index (χ3v) is 3.17. The van der Waals surface area contributed by atoms with Crippen molar-refractivity contribution in [1.82, 2.24) is 0 Å². The van der Waals surface area contributed by atoms with Crippen LogP contribution in [-0.2, 0) is 0 Å². The Morgan fingerprint density at radius 1 is 1.11 bits per heavy atom. The highest BCUT2D eigenvalue weighted by Gasteiger charge is 2.74. The zero-order valence-corrected chi connectivity index (χ0v) is 11.7. The van der Waals surface area contributed by atoms with Crippen LogP contribution in [0.5, 0.6) is 0 Å². The molecule has 0 unspecified atom stereocenters. The maximum atomic E-state index is 13.4. The lowest BCUT2D eigenvalue weighted by Crippen LogP contribution is -2.53. The van der Waals surface area contributed by atoms with E-state index in [4.69, 9.17) is 5.26 Å². The van der Waals surface area contributed by atoms with E-state index in [9.17, 15) is 30.7 Å². The Labute approximate surface area is 118 Å². The summed E-state index contributed by atoms with van der Waals surface area (Å²) in [4.78, 5) is 0. The molecule has 0 aromatic rings. The third kappa shape index (κ3) is 3.73. The van der Waals surface area contributed by atoms with Crippen LogP contribution >= 0.6 is 22.6 Å². The van der Waals surface area contributed by atoms with Crippen molar-refractivity contribution in [3.8, 4) is 6.07 Å². The van der Waals surface area contributed by atoms with Gasteiger partial charge in [-0.1, -0.05) is 13.3 Å². The summed E-state index contributed by atoms with van der Waals surface area (Å²) in [6, 6.07) is 1.19. The van der Waals surface area contributed by atoms with Crippen LogP contribution in [0.4, 0.5) is 30.7 Å². The molecule has 0 aliphatic heterocycles. The van der Waals surface area contributed by atoms with Gasteiger partial charge in [-0.25, -0.2) is 0 Å². The Kier molecular flexibility index (Phi) is 6.10. The fourth-order valence-electron chi connectivity index (χ4n) is 1.19. The SMILES string of the molecule is CCCC/C(=C(\I)C#N)C(F)(F)C(F)(F)C(F)(F)F. The molecule has 0 saturated heterocycles. The van der Waals surface area contributed by atoms with Gasteiger partial charge >= 0.3 is 18.0 Å². The lowest BCUT2D eigenvalue weighted by molar-refractivity contribution is -0.344. The Morgan fingerprint density at radius 3 is 1.89 bits per heavy atom. The standard InChI is InChI=1S/C10H9F7IN/c1-2-3-4-6(7(18)5-19)8(11,12)9(13,14)10(15,16)17/h2-4H2,1H3/b7-6+. The van der Waals surface area contributed by atoms with E-state index < -0.39 is 33.6 Å². The molecule has 0 heterocycles. The van der Waals surface area contributed by atoms with Crippen molar-refractivity contribution in [3.63, 3.8) is 0 Å². The first-order chi connectivity index (χ1) is 8.43. The molecule has 0 amide bonds.